The minimum absolute atomic E-state index is 0.151. The van der Waals surface area contributed by atoms with Gasteiger partial charge >= 0.3 is 6.03 Å². The molecule has 0 bridgehead atoms. The van der Waals surface area contributed by atoms with Gasteiger partial charge in [-0.3, -0.25) is 0 Å². The van der Waals surface area contributed by atoms with E-state index in [0.717, 1.165) is 32.4 Å². The average molecular weight is 239 g/mol. The number of rotatable bonds is 2. The van der Waals surface area contributed by atoms with Gasteiger partial charge in [-0.25, -0.2) is 4.79 Å². The molecule has 1 saturated carbocycles. The fourth-order valence-electron chi connectivity index (χ4n) is 3.09. The van der Waals surface area contributed by atoms with Gasteiger partial charge in [0.05, 0.1) is 0 Å². The van der Waals surface area contributed by atoms with Gasteiger partial charge in [-0.15, -0.1) is 0 Å². The number of hydrogen-bond acceptors (Lipinski definition) is 2. The van der Waals surface area contributed by atoms with Crippen molar-refractivity contribution in [3.8, 4) is 0 Å². The Balaban J connectivity index is 1.80. The molecular weight excluding hydrogens is 214 g/mol. The Morgan fingerprint density at radius 2 is 1.94 bits per heavy atom. The van der Waals surface area contributed by atoms with E-state index in [-0.39, 0.29) is 6.03 Å². The van der Waals surface area contributed by atoms with E-state index >= 15 is 0 Å². The van der Waals surface area contributed by atoms with E-state index in [1.807, 2.05) is 11.9 Å². The van der Waals surface area contributed by atoms with E-state index in [4.69, 9.17) is 0 Å². The van der Waals surface area contributed by atoms with Crippen molar-refractivity contribution in [3.05, 3.63) is 0 Å². The standard InChI is InChI=1S/C13H25N3O/c1-10-9-16(8-7-12(10)14-2)13(17)15-11-5-3-4-6-11/h10-12,14H,3-9H2,1-2H3,(H,15,17). The lowest BCUT2D eigenvalue weighted by molar-refractivity contribution is 0.150. The van der Waals surface area contributed by atoms with E-state index < -0.39 is 0 Å². The summed E-state index contributed by atoms with van der Waals surface area (Å²) in [6, 6.07) is 1.14. The molecule has 0 spiro atoms. The summed E-state index contributed by atoms with van der Waals surface area (Å²) in [6.07, 6.45) is 5.92. The third kappa shape index (κ3) is 3.12. The molecule has 17 heavy (non-hydrogen) atoms. The van der Waals surface area contributed by atoms with E-state index in [0.29, 0.717) is 18.0 Å². The van der Waals surface area contributed by atoms with Gasteiger partial charge in [0.2, 0.25) is 0 Å². The molecule has 2 amide bonds. The largest absolute Gasteiger partial charge is 0.335 e. The molecule has 0 aromatic carbocycles. The molecule has 2 unspecified atom stereocenters. The van der Waals surface area contributed by atoms with Crippen molar-refractivity contribution in [2.24, 2.45) is 5.92 Å². The molecular formula is C13H25N3O. The first-order chi connectivity index (χ1) is 8.20. The zero-order valence-corrected chi connectivity index (χ0v) is 11.0. The summed E-state index contributed by atoms with van der Waals surface area (Å²) in [6.45, 7) is 3.98. The first-order valence-corrected chi connectivity index (χ1v) is 6.93. The van der Waals surface area contributed by atoms with Crippen LogP contribution in [-0.4, -0.2) is 43.2 Å². The molecule has 1 aliphatic carbocycles. The second-order valence-corrected chi connectivity index (χ2v) is 5.54. The highest BCUT2D eigenvalue weighted by Gasteiger charge is 2.28. The predicted octanol–water partition coefficient (Wildman–Crippen LogP) is 1.57. The smallest absolute Gasteiger partial charge is 0.317 e. The minimum Gasteiger partial charge on any atom is -0.335 e. The normalized spacial score (nSPS) is 30.6. The number of nitrogens with one attached hydrogen (secondary N) is 2. The van der Waals surface area contributed by atoms with Crippen LogP contribution in [0.3, 0.4) is 0 Å². The summed E-state index contributed by atoms with van der Waals surface area (Å²) in [5.74, 6) is 0.545. The molecule has 0 radical (unpaired) electrons. The van der Waals surface area contributed by atoms with Crippen LogP contribution in [0.5, 0.6) is 0 Å². The lowest BCUT2D eigenvalue weighted by atomic mass is 9.94. The van der Waals surface area contributed by atoms with E-state index in [2.05, 4.69) is 17.6 Å². The molecule has 2 atom stereocenters. The topological polar surface area (TPSA) is 44.4 Å². The molecule has 0 aromatic rings. The Morgan fingerprint density at radius 3 is 2.53 bits per heavy atom. The zero-order valence-electron chi connectivity index (χ0n) is 11.0. The van der Waals surface area contributed by atoms with Crippen LogP contribution in [0, 0.1) is 5.92 Å². The fourth-order valence-corrected chi connectivity index (χ4v) is 3.09. The highest BCUT2D eigenvalue weighted by Crippen LogP contribution is 2.20. The first-order valence-electron chi connectivity index (χ1n) is 6.93. The van der Waals surface area contributed by atoms with Gasteiger partial charge in [0.15, 0.2) is 0 Å². The second-order valence-electron chi connectivity index (χ2n) is 5.54. The van der Waals surface area contributed by atoms with Crippen molar-refractivity contribution in [1.82, 2.24) is 15.5 Å². The molecule has 1 heterocycles. The van der Waals surface area contributed by atoms with Gasteiger partial charge in [0.25, 0.3) is 0 Å². The zero-order chi connectivity index (χ0) is 12.3. The Morgan fingerprint density at radius 1 is 1.24 bits per heavy atom. The molecule has 2 fully saturated rings. The summed E-state index contributed by atoms with van der Waals surface area (Å²) in [5, 5.41) is 6.50. The summed E-state index contributed by atoms with van der Waals surface area (Å²) in [5.41, 5.74) is 0. The van der Waals surface area contributed by atoms with Crippen molar-refractivity contribution < 1.29 is 4.79 Å². The van der Waals surface area contributed by atoms with Gasteiger partial charge in [0.1, 0.15) is 0 Å². The van der Waals surface area contributed by atoms with Crippen LogP contribution in [0.25, 0.3) is 0 Å². The molecule has 2 rings (SSSR count). The van der Waals surface area contributed by atoms with Crippen LogP contribution in [0.15, 0.2) is 0 Å². The van der Waals surface area contributed by atoms with E-state index in [1.165, 1.54) is 12.8 Å². The minimum atomic E-state index is 0.151. The molecule has 98 valence electrons. The third-order valence-electron chi connectivity index (χ3n) is 4.25. The van der Waals surface area contributed by atoms with E-state index in [9.17, 15) is 4.79 Å². The van der Waals surface area contributed by atoms with Gasteiger partial charge in [-0.05, 0) is 32.2 Å². The van der Waals surface area contributed by atoms with Crippen molar-refractivity contribution in [3.63, 3.8) is 0 Å². The van der Waals surface area contributed by atoms with E-state index in [1.54, 1.807) is 0 Å². The summed E-state index contributed by atoms with van der Waals surface area (Å²) in [4.78, 5) is 14.1. The van der Waals surface area contributed by atoms with Crippen LogP contribution in [0.2, 0.25) is 0 Å². The maximum Gasteiger partial charge on any atom is 0.317 e. The van der Waals surface area contributed by atoms with Crippen LogP contribution in [0.4, 0.5) is 4.79 Å². The van der Waals surface area contributed by atoms with Crippen LogP contribution in [-0.2, 0) is 0 Å². The van der Waals surface area contributed by atoms with Crippen LogP contribution < -0.4 is 10.6 Å². The number of piperidine rings is 1. The highest BCUT2D eigenvalue weighted by atomic mass is 16.2. The molecule has 4 heteroatoms. The molecule has 2 N–H and O–H groups in total. The maximum absolute atomic E-state index is 12.1. The number of nitrogens with zero attached hydrogens (tertiary/aromatic N) is 1. The number of carbonyl (C=O) groups is 1. The Labute approximate surface area is 104 Å². The first kappa shape index (κ1) is 12.7. The van der Waals surface area contributed by atoms with Gasteiger partial charge in [-0.1, -0.05) is 19.8 Å². The lowest BCUT2D eigenvalue weighted by Gasteiger charge is -2.37. The molecule has 4 nitrogen and oxygen atoms in total. The fraction of sp³-hybridized carbons (Fsp3) is 0.923. The summed E-state index contributed by atoms with van der Waals surface area (Å²) in [7, 11) is 2.01. The van der Waals surface area contributed by atoms with Crippen LogP contribution >= 0.6 is 0 Å². The molecule has 2 aliphatic rings. The highest BCUT2D eigenvalue weighted by molar-refractivity contribution is 5.74. The monoisotopic (exact) mass is 239 g/mol. The van der Waals surface area contributed by atoms with Crippen molar-refractivity contribution in [2.75, 3.05) is 20.1 Å². The number of urea groups is 1. The Bertz CT molecular complexity index is 263. The van der Waals surface area contributed by atoms with Gasteiger partial charge in [-0.2, -0.15) is 0 Å². The van der Waals surface area contributed by atoms with Gasteiger partial charge < -0.3 is 15.5 Å². The quantitative estimate of drug-likeness (QED) is 0.768. The number of amides is 2. The van der Waals surface area contributed by atoms with Crippen molar-refractivity contribution >= 4 is 6.03 Å². The van der Waals surface area contributed by atoms with Crippen molar-refractivity contribution in [2.45, 2.75) is 51.1 Å². The Hall–Kier alpha value is -0.770. The summed E-state index contributed by atoms with van der Waals surface area (Å²) < 4.78 is 0. The number of hydrogen-bond donors (Lipinski definition) is 2. The lowest BCUT2D eigenvalue weighted by Crippen LogP contribution is -2.53. The number of likely N-dealkylation sites (tertiary alicyclic amines) is 1. The summed E-state index contributed by atoms with van der Waals surface area (Å²) >= 11 is 0. The average Bonchev–Trinajstić information content (AvgIpc) is 2.81. The molecule has 1 aliphatic heterocycles. The SMILES string of the molecule is CNC1CCN(C(=O)NC2CCCC2)CC1C. The van der Waals surface area contributed by atoms with Gasteiger partial charge in [0, 0.05) is 25.2 Å². The predicted molar refractivity (Wildman–Crippen MR) is 69.0 cm³/mol. The van der Waals surface area contributed by atoms with Crippen molar-refractivity contribution in [1.29, 1.82) is 0 Å². The Kier molecular flexibility index (Phi) is 4.26. The maximum atomic E-state index is 12.1. The third-order valence-corrected chi connectivity index (χ3v) is 4.25. The second kappa shape index (κ2) is 5.71. The molecule has 0 aromatic heterocycles. The molecule has 1 saturated heterocycles. The number of carbonyl (C=O) groups excluding carboxylic acids is 1. The van der Waals surface area contributed by atoms with Crippen LogP contribution in [0.1, 0.15) is 39.0 Å².